The van der Waals surface area contributed by atoms with Crippen LogP contribution >= 0.6 is 11.6 Å². The minimum absolute atomic E-state index is 0.00862. The van der Waals surface area contributed by atoms with Crippen LogP contribution < -0.4 is 4.72 Å². The van der Waals surface area contributed by atoms with Crippen LogP contribution in [0.5, 0.6) is 0 Å². The Morgan fingerprint density at radius 3 is 2.58 bits per heavy atom. The van der Waals surface area contributed by atoms with Gasteiger partial charge >= 0.3 is 0 Å². The molecule has 0 aromatic carbocycles. The smallest absolute Gasteiger partial charge is 0.243 e. The lowest BCUT2D eigenvalue weighted by atomic mass is 10.3. The number of hydrogen-bond acceptors (Lipinski definition) is 5. The number of nitrogens with one attached hydrogen (secondary N) is 1. The molecular weight excluding hydrogens is 290 g/mol. The van der Waals surface area contributed by atoms with E-state index >= 15 is 0 Å². The monoisotopic (exact) mass is 301 g/mol. The number of hydrogen-bond donors (Lipinski definition) is 1. The van der Waals surface area contributed by atoms with Crippen molar-refractivity contribution in [3.8, 4) is 0 Å². The van der Waals surface area contributed by atoms with Crippen LogP contribution in [0, 0.1) is 0 Å². The summed E-state index contributed by atoms with van der Waals surface area (Å²) < 4.78 is 27.9. The first-order valence-corrected chi connectivity index (χ1v) is 7.28. The molecule has 0 spiro atoms. The summed E-state index contributed by atoms with van der Waals surface area (Å²) in [4.78, 5) is 7.26. The van der Waals surface area contributed by atoms with Crippen molar-refractivity contribution in [1.82, 2.24) is 24.5 Å². The van der Waals surface area contributed by atoms with Crippen LogP contribution in [-0.2, 0) is 23.5 Å². The summed E-state index contributed by atoms with van der Waals surface area (Å²) in [6, 6.07) is 0. The summed E-state index contributed by atoms with van der Waals surface area (Å²) in [6.45, 7) is 0.274. The molecule has 0 fully saturated rings. The average Bonchev–Trinajstić information content (AvgIpc) is 2.75. The molecule has 7 nitrogen and oxygen atoms in total. The second-order valence-corrected chi connectivity index (χ2v) is 5.96. The second-order valence-electron chi connectivity index (χ2n) is 3.86. The van der Waals surface area contributed by atoms with E-state index in [9.17, 15) is 8.42 Å². The highest BCUT2D eigenvalue weighted by Crippen LogP contribution is 2.07. The van der Waals surface area contributed by atoms with Gasteiger partial charge in [0.15, 0.2) is 0 Å². The third-order valence-corrected chi connectivity index (χ3v) is 3.98. The molecule has 1 N–H and O–H groups in total. The van der Waals surface area contributed by atoms with E-state index in [-0.39, 0.29) is 16.7 Å². The quantitative estimate of drug-likeness (QED) is 0.807. The number of aryl methyl sites for hydroxylation is 1. The van der Waals surface area contributed by atoms with E-state index in [1.165, 1.54) is 12.4 Å². The molecular formula is C10H12ClN5O2S. The van der Waals surface area contributed by atoms with E-state index in [1.807, 2.05) is 6.20 Å². The molecule has 0 radical (unpaired) electrons. The van der Waals surface area contributed by atoms with Gasteiger partial charge < -0.3 is 0 Å². The number of sulfonamides is 1. The molecule has 0 amide bonds. The highest BCUT2D eigenvalue weighted by molar-refractivity contribution is 7.89. The molecule has 0 atom stereocenters. The van der Waals surface area contributed by atoms with Gasteiger partial charge in [0.2, 0.25) is 15.3 Å². The Morgan fingerprint density at radius 2 is 2.00 bits per heavy atom. The van der Waals surface area contributed by atoms with Gasteiger partial charge in [-0.05, 0) is 23.6 Å². The lowest BCUT2D eigenvalue weighted by Gasteiger charge is -2.05. The fourth-order valence-electron chi connectivity index (χ4n) is 1.45. The van der Waals surface area contributed by atoms with E-state index in [2.05, 4.69) is 19.8 Å². The molecule has 0 bridgehead atoms. The molecule has 0 saturated carbocycles. The van der Waals surface area contributed by atoms with Crippen molar-refractivity contribution in [3.63, 3.8) is 0 Å². The molecule has 9 heteroatoms. The van der Waals surface area contributed by atoms with Crippen LogP contribution in [0.3, 0.4) is 0 Å². The highest BCUT2D eigenvalue weighted by atomic mass is 35.5. The van der Waals surface area contributed by atoms with Crippen molar-refractivity contribution in [3.05, 3.63) is 35.6 Å². The van der Waals surface area contributed by atoms with Gasteiger partial charge in [-0.2, -0.15) is 5.10 Å². The van der Waals surface area contributed by atoms with Gasteiger partial charge in [0.1, 0.15) is 4.90 Å². The van der Waals surface area contributed by atoms with E-state index in [0.29, 0.717) is 6.42 Å². The molecule has 2 aromatic rings. The summed E-state index contributed by atoms with van der Waals surface area (Å²) in [7, 11) is -1.80. The third-order valence-electron chi connectivity index (χ3n) is 2.37. The Bertz CT molecular complexity index is 653. The molecule has 0 aliphatic carbocycles. The van der Waals surface area contributed by atoms with Gasteiger partial charge in [-0.25, -0.2) is 23.1 Å². The Kier molecular flexibility index (Phi) is 4.13. The van der Waals surface area contributed by atoms with Crippen molar-refractivity contribution in [2.45, 2.75) is 11.3 Å². The van der Waals surface area contributed by atoms with Gasteiger partial charge in [-0.15, -0.1) is 0 Å². The summed E-state index contributed by atoms with van der Waals surface area (Å²) in [5, 5.41) is 4.01. The second kappa shape index (κ2) is 5.64. The molecule has 0 unspecified atom stereocenters. The van der Waals surface area contributed by atoms with Gasteiger partial charge in [0.05, 0.1) is 18.6 Å². The maximum Gasteiger partial charge on any atom is 0.243 e. The number of aromatic nitrogens is 4. The summed E-state index contributed by atoms with van der Waals surface area (Å²) in [5.74, 6) is 0. The minimum Gasteiger partial charge on any atom is -0.276 e. The number of nitrogens with zero attached hydrogens (tertiary/aromatic N) is 4. The Hall–Kier alpha value is -1.51. The largest absolute Gasteiger partial charge is 0.276 e. The molecule has 2 rings (SSSR count). The number of halogens is 1. The standard InChI is InChI=1S/C10H12ClN5O2S/c1-16-7-8(4-14-16)2-3-15-19(17,18)9-5-12-10(11)13-6-9/h4-7,15H,2-3H2,1H3. The van der Waals surface area contributed by atoms with Crippen molar-refractivity contribution < 1.29 is 8.42 Å². The zero-order chi connectivity index (χ0) is 13.9. The topological polar surface area (TPSA) is 89.8 Å². The van der Waals surface area contributed by atoms with Gasteiger partial charge in [0.25, 0.3) is 0 Å². The first-order valence-electron chi connectivity index (χ1n) is 5.42. The Balaban J connectivity index is 1.96. The van der Waals surface area contributed by atoms with Gasteiger partial charge in [-0.1, -0.05) is 0 Å². The van der Waals surface area contributed by atoms with Crippen molar-refractivity contribution >= 4 is 21.6 Å². The zero-order valence-electron chi connectivity index (χ0n) is 10.1. The maximum absolute atomic E-state index is 11.9. The highest BCUT2D eigenvalue weighted by Gasteiger charge is 2.14. The van der Waals surface area contributed by atoms with E-state index in [0.717, 1.165) is 5.56 Å². The van der Waals surface area contributed by atoms with E-state index in [4.69, 9.17) is 11.6 Å². The number of rotatable bonds is 5. The lowest BCUT2D eigenvalue weighted by molar-refractivity contribution is 0.580. The summed E-state index contributed by atoms with van der Waals surface area (Å²) in [5.41, 5.74) is 0.956. The summed E-state index contributed by atoms with van der Waals surface area (Å²) >= 11 is 5.50. The van der Waals surface area contributed by atoms with Crippen LogP contribution in [0.4, 0.5) is 0 Å². The SMILES string of the molecule is Cn1cc(CCNS(=O)(=O)c2cnc(Cl)nc2)cn1. The van der Waals surface area contributed by atoms with Crippen molar-refractivity contribution in [2.24, 2.45) is 7.05 Å². The maximum atomic E-state index is 11.9. The molecule has 2 heterocycles. The molecule has 0 aliphatic heterocycles. The van der Waals surface area contributed by atoms with E-state index in [1.54, 1.807) is 17.9 Å². The normalized spacial score (nSPS) is 11.7. The lowest BCUT2D eigenvalue weighted by Crippen LogP contribution is -2.26. The predicted octanol–water partition coefficient (Wildman–Crippen LogP) is 0.384. The van der Waals surface area contributed by atoms with Crippen LogP contribution in [-0.4, -0.2) is 34.7 Å². The Morgan fingerprint density at radius 1 is 1.32 bits per heavy atom. The molecule has 0 saturated heterocycles. The third kappa shape index (κ3) is 3.72. The predicted molar refractivity (Wildman–Crippen MR) is 69.1 cm³/mol. The van der Waals surface area contributed by atoms with Gasteiger partial charge in [0, 0.05) is 19.8 Å². The average molecular weight is 302 g/mol. The van der Waals surface area contributed by atoms with Crippen molar-refractivity contribution in [2.75, 3.05) is 6.54 Å². The fraction of sp³-hybridized carbons (Fsp3) is 0.300. The fourth-order valence-corrected chi connectivity index (χ4v) is 2.47. The van der Waals surface area contributed by atoms with Crippen LogP contribution in [0.15, 0.2) is 29.7 Å². The molecule has 2 aromatic heterocycles. The van der Waals surface area contributed by atoms with Crippen LogP contribution in [0.25, 0.3) is 0 Å². The minimum atomic E-state index is -3.60. The Labute approximate surface area is 115 Å². The van der Waals surface area contributed by atoms with Crippen LogP contribution in [0.2, 0.25) is 5.28 Å². The molecule has 0 aliphatic rings. The molecule has 19 heavy (non-hydrogen) atoms. The van der Waals surface area contributed by atoms with Crippen LogP contribution in [0.1, 0.15) is 5.56 Å². The molecule has 102 valence electrons. The van der Waals surface area contributed by atoms with Crippen molar-refractivity contribution in [1.29, 1.82) is 0 Å². The zero-order valence-corrected chi connectivity index (χ0v) is 11.7. The first kappa shape index (κ1) is 13.9. The van der Waals surface area contributed by atoms with Gasteiger partial charge in [-0.3, -0.25) is 4.68 Å². The van der Waals surface area contributed by atoms with E-state index < -0.39 is 10.0 Å². The first-order chi connectivity index (χ1) is 8.97. The summed E-state index contributed by atoms with van der Waals surface area (Å²) in [6.07, 6.45) is 6.42.